The van der Waals surface area contributed by atoms with Crippen molar-refractivity contribution in [3.8, 4) is 5.88 Å². The Morgan fingerprint density at radius 3 is 2.44 bits per heavy atom. The average molecular weight is 319 g/mol. The molecular formula is C9H14Cl3N3O3. The summed E-state index contributed by atoms with van der Waals surface area (Å²) in [6.07, 6.45) is 2.45. The van der Waals surface area contributed by atoms with Gasteiger partial charge in [-0.1, -0.05) is 0 Å². The predicted molar refractivity (Wildman–Crippen MR) is 73.4 cm³/mol. The molecule has 1 aliphatic heterocycles. The van der Waals surface area contributed by atoms with Gasteiger partial charge in [-0.25, -0.2) is 0 Å². The van der Waals surface area contributed by atoms with Crippen molar-refractivity contribution in [1.29, 1.82) is 0 Å². The molecule has 0 bridgehead atoms. The first-order valence-corrected chi connectivity index (χ1v) is 4.73. The Bertz CT molecular complexity index is 490. The molecule has 1 aliphatic rings. The third-order valence-corrected chi connectivity index (χ3v) is 2.51. The summed E-state index contributed by atoms with van der Waals surface area (Å²) in [4.78, 5) is 26.5. The number of hydrogen-bond acceptors (Lipinski definition) is 4. The third-order valence-electron chi connectivity index (χ3n) is 2.51. The highest BCUT2D eigenvalue weighted by atomic mass is 35.5. The van der Waals surface area contributed by atoms with Gasteiger partial charge in [0.2, 0.25) is 5.88 Å². The fraction of sp³-hybridized carbons (Fsp3) is 0.444. The molecule has 2 heterocycles. The number of halogens is 3. The monoisotopic (exact) mass is 317 g/mol. The summed E-state index contributed by atoms with van der Waals surface area (Å²) in [5.74, 6) is -0.972. The number of aromatic nitrogens is 2. The van der Waals surface area contributed by atoms with Gasteiger partial charge in [0, 0.05) is 13.0 Å². The van der Waals surface area contributed by atoms with E-state index >= 15 is 0 Å². The SMILES string of the molecule is Cl.Cl.Cl.NC(=O)c1c(O)nc2n(c1=O)CCCC2. The van der Waals surface area contributed by atoms with Crippen LogP contribution in [0.3, 0.4) is 0 Å². The standard InChI is InChI=1S/C9H11N3O3.3ClH/c10-7(13)6-8(14)11-5-3-1-2-4-12(5)9(6)15;;;/h14H,1-4H2,(H2,10,13);3*1H. The molecule has 3 N–H and O–H groups in total. The maximum atomic E-state index is 11.7. The molecule has 0 aromatic carbocycles. The molecule has 104 valence electrons. The Kier molecular flexibility index (Phi) is 8.02. The van der Waals surface area contributed by atoms with E-state index in [9.17, 15) is 14.7 Å². The summed E-state index contributed by atoms with van der Waals surface area (Å²) in [5, 5.41) is 9.39. The highest BCUT2D eigenvalue weighted by molar-refractivity contribution is 5.94. The smallest absolute Gasteiger partial charge is 0.270 e. The molecule has 6 nitrogen and oxygen atoms in total. The van der Waals surface area contributed by atoms with E-state index in [-0.39, 0.29) is 37.2 Å². The lowest BCUT2D eigenvalue weighted by molar-refractivity contribution is 0.0994. The van der Waals surface area contributed by atoms with E-state index in [0.717, 1.165) is 12.8 Å². The van der Waals surface area contributed by atoms with Crippen LogP contribution in [-0.2, 0) is 13.0 Å². The van der Waals surface area contributed by atoms with Crippen LogP contribution in [0, 0.1) is 0 Å². The van der Waals surface area contributed by atoms with Crippen molar-refractivity contribution in [1.82, 2.24) is 9.55 Å². The van der Waals surface area contributed by atoms with Gasteiger partial charge in [0.15, 0.2) is 5.56 Å². The van der Waals surface area contributed by atoms with Crippen LogP contribution in [0.15, 0.2) is 4.79 Å². The summed E-state index contributed by atoms with van der Waals surface area (Å²) in [7, 11) is 0. The number of nitrogens with two attached hydrogens (primary N) is 1. The number of rotatable bonds is 1. The molecule has 0 spiro atoms. The van der Waals surface area contributed by atoms with Crippen LogP contribution in [0.5, 0.6) is 5.88 Å². The van der Waals surface area contributed by atoms with Gasteiger partial charge in [-0.05, 0) is 12.8 Å². The zero-order valence-electron chi connectivity index (χ0n) is 9.29. The number of amides is 1. The molecule has 1 aromatic heterocycles. The average Bonchev–Trinajstić information content (AvgIpc) is 2.17. The van der Waals surface area contributed by atoms with Crippen LogP contribution >= 0.6 is 37.2 Å². The molecule has 0 saturated carbocycles. The molecule has 0 fully saturated rings. The van der Waals surface area contributed by atoms with Crippen molar-refractivity contribution < 1.29 is 9.90 Å². The molecule has 0 radical (unpaired) electrons. The van der Waals surface area contributed by atoms with E-state index < -0.39 is 22.9 Å². The Labute approximate surface area is 122 Å². The summed E-state index contributed by atoms with van der Waals surface area (Å²) >= 11 is 0. The normalized spacial score (nSPS) is 12.2. The maximum absolute atomic E-state index is 11.7. The van der Waals surface area contributed by atoms with E-state index in [4.69, 9.17) is 5.73 Å². The van der Waals surface area contributed by atoms with Gasteiger partial charge in [-0.3, -0.25) is 14.2 Å². The van der Waals surface area contributed by atoms with E-state index in [1.165, 1.54) is 4.57 Å². The van der Waals surface area contributed by atoms with Crippen molar-refractivity contribution in [2.24, 2.45) is 5.73 Å². The van der Waals surface area contributed by atoms with Crippen molar-refractivity contribution in [2.75, 3.05) is 0 Å². The number of fused-ring (bicyclic) bond motifs is 1. The van der Waals surface area contributed by atoms with Crippen LogP contribution in [0.2, 0.25) is 0 Å². The van der Waals surface area contributed by atoms with Crippen molar-refractivity contribution in [2.45, 2.75) is 25.8 Å². The summed E-state index contributed by atoms with van der Waals surface area (Å²) in [6.45, 7) is 0.529. The molecule has 2 rings (SSSR count). The summed E-state index contributed by atoms with van der Waals surface area (Å²) in [5.41, 5.74) is 4.04. The highest BCUT2D eigenvalue weighted by Crippen LogP contribution is 2.15. The van der Waals surface area contributed by atoms with Crippen molar-refractivity contribution in [3.05, 3.63) is 21.7 Å². The second-order valence-electron chi connectivity index (χ2n) is 3.50. The minimum atomic E-state index is -0.939. The van der Waals surface area contributed by atoms with Gasteiger partial charge < -0.3 is 10.8 Å². The Balaban J connectivity index is 0. The van der Waals surface area contributed by atoms with Crippen molar-refractivity contribution >= 4 is 43.1 Å². The topological polar surface area (TPSA) is 98.2 Å². The van der Waals surface area contributed by atoms with E-state index in [1.807, 2.05) is 0 Å². The lowest BCUT2D eigenvalue weighted by Gasteiger charge is -2.17. The number of hydrogen-bond donors (Lipinski definition) is 2. The first-order valence-electron chi connectivity index (χ1n) is 4.73. The van der Waals surface area contributed by atoms with Gasteiger partial charge in [-0.2, -0.15) is 4.98 Å². The first kappa shape index (κ1) is 19.4. The van der Waals surface area contributed by atoms with Gasteiger partial charge in [-0.15, -0.1) is 37.2 Å². The second kappa shape index (κ2) is 7.45. The van der Waals surface area contributed by atoms with Crippen LogP contribution < -0.4 is 11.3 Å². The molecule has 1 aromatic rings. The largest absolute Gasteiger partial charge is 0.493 e. The Morgan fingerprint density at radius 1 is 1.28 bits per heavy atom. The lowest BCUT2D eigenvalue weighted by atomic mass is 10.1. The second-order valence-corrected chi connectivity index (χ2v) is 3.50. The molecular weight excluding hydrogens is 304 g/mol. The van der Waals surface area contributed by atoms with Gasteiger partial charge in [0.25, 0.3) is 11.5 Å². The molecule has 1 amide bonds. The number of carbonyl (C=O) groups is 1. The van der Waals surface area contributed by atoms with Gasteiger partial charge >= 0.3 is 0 Å². The minimum absolute atomic E-state index is 0. The van der Waals surface area contributed by atoms with Crippen LogP contribution in [0.4, 0.5) is 0 Å². The first-order chi connectivity index (χ1) is 7.11. The van der Waals surface area contributed by atoms with Crippen molar-refractivity contribution in [3.63, 3.8) is 0 Å². The summed E-state index contributed by atoms with van der Waals surface area (Å²) < 4.78 is 1.41. The molecule has 0 unspecified atom stereocenters. The van der Waals surface area contributed by atoms with Crippen LogP contribution in [0.1, 0.15) is 29.0 Å². The number of aromatic hydroxyl groups is 1. The molecule has 0 atom stereocenters. The number of carbonyl (C=O) groups excluding carboxylic acids is 1. The zero-order chi connectivity index (χ0) is 11.0. The lowest BCUT2D eigenvalue weighted by Crippen LogP contribution is -2.34. The van der Waals surface area contributed by atoms with E-state index in [1.54, 1.807) is 0 Å². The maximum Gasteiger partial charge on any atom is 0.270 e. The molecule has 9 heteroatoms. The van der Waals surface area contributed by atoms with Gasteiger partial charge in [0.05, 0.1) is 0 Å². The minimum Gasteiger partial charge on any atom is -0.493 e. The number of nitrogens with zero attached hydrogens (tertiary/aromatic N) is 2. The third kappa shape index (κ3) is 3.28. The number of primary amides is 1. The van der Waals surface area contributed by atoms with Crippen LogP contribution in [0.25, 0.3) is 0 Å². The molecule has 0 aliphatic carbocycles. The van der Waals surface area contributed by atoms with E-state index in [2.05, 4.69) is 4.98 Å². The van der Waals surface area contributed by atoms with E-state index in [0.29, 0.717) is 18.8 Å². The zero-order valence-corrected chi connectivity index (χ0v) is 11.7. The quantitative estimate of drug-likeness (QED) is 0.794. The fourth-order valence-corrected chi connectivity index (χ4v) is 1.78. The fourth-order valence-electron chi connectivity index (χ4n) is 1.78. The summed E-state index contributed by atoms with van der Waals surface area (Å²) in [6, 6.07) is 0. The molecule has 0 saturated heterocycles. The predicted octanol–water partition coefficient (Wildman–Crippen LogP) is 0.650. The highest BCUT2D eigenvalue weighted by Gasteiger charge is 2.21. The molecule has 18 heavy (non-hydrogen) atoms. The van der Waals surface area contributed by atoms with Crippen LogP contribution in [-0.4, -0.2) is 20.6 Å². The Morgan fingerprint density at radius 2 is 1.89 bits per heavy atom. The van der Waals surface area contributed by atoms with Gasteiger partial charge in [0.1, 0.15) is 5.82 Å². The number of aryl methyl sites for hydroxylation is 1. The Hall–Kier alpha value is -0.980.